The summed E-state index contributed by atoms with van der Waals surface area (Å²) in [5.41, 5.74) is -0.184. The number of rotatable bonds is 5. The van der Waals surface area contributed by atoms with Crippen LogP contribution < -0.4 is 14.8 Å². The lowest BCUT2D eigenvalue weighted by Crippen LogP contribution is -2.28. The zero-order chi connectivity index (χ0) is 23.4. The molecule has 1 aromatic heterocycles. The summed E-state index contributed by atoms with van der Waals surface area (Å²) in [5.74, 6) is -2.68. The molecule has 2 N–H and O–H groups in total. The molecule has 1 amide bonds. The first-order chi connectivity index (χ1) is 15.7. The number of hydrogen-bond donors (Lipinski definition) is 2. The van der Waals surface area contributed by atoms with E-state index in [1.807, 2.05) is 0 Å². The molecule has 0 spiro atoms. The Hall–Kier alpha value is -4.08. The third-order valence-electron chi connectivity index (χ3n) is 5.62. The van der Waals surface area contributed by atoms with Crippen LogP contribution in [0.3, 0.4) is 0 Å². The molecule has 2 aromatic carbocycles. The Morgan fingerprint density at radius 3 is 2.48 bits per heavy atom. The van der Waals surface area contributed by atoms with Gasteiger partial charge in [0, 0.05) is 8.42 Å². The molecule has 0 saturated heterocycles. The molecule has 2 heterocycles. The molecule has 1 aliphatic heterocycles. The predicted octanol–water partition coefficient (Wildman–Crippen LogP) is 5.07. The summed E-state index contributed by atoms with van der Waals surface area (Å²) in [6.07, 6.45) is -2.72. The topological polar surface area (TPSA) is 97.8 Å². The maximum Gasteiger partial charge on any atom is 0.586 e. The molecule has 0 bridgehead atoms. The van der Waals surface area contributed by atoms with Crippen LogP contribution in [0.4, 0.5) is 19.0 Å². The summed E-state index contributed by atoms with van der Waals surface area (Å²) >= 11 is 0. The molecule has 172 valence electrons. The maximum atomic E-state index is 14.0. The van der Waals surface area contributed by atoms with E-state index < -0.39 is 29.1 Å². The molecule has 10 heteroatoms. The van der Waals surface area contributed by atoms with Crippen LogP contribution >= 0.6 is 0 Å². The number of aromatic carboxylic acids is 1. The Kier molecular flexibility index (Phi) is 4.55. The van der Waals surface area contributed by atoms with Crippen molar-refractivity contribution in [3.63, 3.8) is 0 Å². The van der Waals surface area contributed by atoms with Crippen molar-refractivity contribution < 1.29 is 40.2 Å². The molecule has 0 unspecified atom stereocenters. The lowest BCUT2D eigenvalue weighted by atomic mass is 9.94. The predicted molar refractivity (Wildman–Crippen MR) is 113 cm³/mol. The highest BCUT2D eigenvalue weighted by Gasteiger charge is 2.53. The monoisotopic (exact) mass is 460 g/mol. The minimum Gasteiger partial charge on any atom is -0.478 e. The number of pyridine rings is 1. The molecule has 5 rings (SSSR count). The van der Waals surface area contributed by atoms with Crippen LogP contribution in [0.2, 0.25) is 0 Å². The smallest absolute Gasteiger partial charge is 0.478 e. The number of aromatic nitrogens is 1. The van der Waals surface area contributed by atoms with E-state index in [1.54, 1.807) is 24.3 Å². The second-order valence-corrected chi connectivity index (χ2v) is 7.77. The van der Waals surface area contributed by atoms with E-state index in [4.69, 9.17) is 5.11 Å². The SMILES string of the molecule is O=C(O)c1ccc(-c2cccc(NC(=O)C3(c4ccc5c(c4)OC(F)(F)O5)CC3)n2)cc1F.[HH].[HH]. The van der Waals surface area contributed by atoms with Gasteiger partial charge in [0.05, 0.1) is 16.7 Å². The van der Waals surface area contributed by atoms with Gasteiger partial charge >= 0.3 is 12.3 Å². The van der Waals surface area contributed by atoms with Gasteiger partial charge in [0.1, 0.15) is 11.6 Å². The second-order valence-electron chi connectivity index (χ2n) is 7.77. The average Bonchev–Trinajstić information content (AvgIpc) is 3.50. The minimum absolute atomic E-state index is 0. The summed E-state index contributed by atoms with van der Waals surface area (Å²) in [6.45, 7) is 0. The molecule has 3 aromatic rings. The first-order valence-corrected chi connectivity index (χ1v) is 9.89. The number of carbonyl (C=O) groups excluding carboxylic acids is 1. The average molecular weight is 460 g/mol. The summed E-state index contributed by atoms with van der Waals surface area (Å²) in [7, 11) is 0. The van der Waals surface area contributed by atoms with Gasteiger partial charge in [0.2, 0.25) is 5.91 Å². The summed E-state index contributed by atoms with van der Waals surface area (Å²) < 4.78 is 49.5. The lowest BCUT2D eigenvalue weighted by Gasteiger charge is -2.16. The maximum absolute atomic E-state index is 14.0. The number of benzene rings is 2. The van der Waals surface area contributed by atoms with Crippen molar-refractivity contribution in [3.8, 4) is 22.8 Å². The van der Waals surface area contributed by atoms with Gasteiger partial charge in [-0.05, 0) is 54.8 Å². The van der Waals surface area contributed by atoms with E-state index in [0.29, 0.717) is 29.7 Å². The van der Waals surface area contributed by atoms with Gasteiger partial charge in [-0.3, -0.25) is 4.79 Å². The molecule has 1 aliphatic carbocycles. The van der Waals surface area contributed by atoms with Crippen LogP contribution in [0.1, 0.15) is 31.6 Å². The number of ether oxygens (including phenoxy) is 2. The van der Waals surface area contributed by atoms with Gasteiger partial charge in [-0.1, -0.05) is 18.2 Å². The Morgan fingerprint density at radius 2 is 1.79 bits per heavy atom. The number of nitrogens with one attached hydrogen (secondary N) is 1. The minimum atomic E-state index is -3.74. The van der Waals surface area contributed by atoms with E-state index >= 15 is 0 Å². The van der Waals surface area contributed by atoms with Crippen LogP contribution in [0.5, 0.6) is 11.5 Å². The van der Waals surface area contributed by atoms with Gasteiger partial charge in [0.15, 0.2) is 11.5 Å². The molecule has 2 aliphatic rings. The van der Waals surface area contributed by atoms with Crippen LogP contribution in [0.25, 0.3) is 11.3 Å². The number of halogens is 3. The molecular weight excluding hydrogens is 441 g/mol. The third kappa shape index (κ3) is 3.73. The first kappa shape index (κ1) is 20.8. The second kappa shape index (κ2) is 7.22. The van der Waals surface area contributed by atoms with E-state index in [1.165, 1.54) is 18.2 Å². The fourth-order valence-electron chi connectivity index (χ4n) is 3.77. The molecule has 7 nitrogen and oxygen atoms in total. The van der Waals surface area contributed by atoms with Gasteiger partial charge in [-0.15, -0.1) is 8.78 Å². The van der Waals surface area contributed by atoms with Crippen molar-refractivity contribution in [1.82, 2.24) is 4.98 Å². The zero-order valence-corrected chi connectivity index (χ0v) is 16.8. The Morgan fingerprint density at radius 1 is 1.03 bits per heavy atom. The number of alkyl halides is 2. The highest BCUT2D eigenvalue weighted by molar-refractivity contribution is 6.01. The Balaban J connectivity index is 0.00000171. The number of carbonyl (C=O) groups is 2. The summed E-state index contributed by atoms with van der Waals surface area (Å²) in [4.78, 5) is 28.4. The standard InChI is InChI=1S/C23H15F3N2O5.2H2/c24-15-10-12(4-6-14(15)20(29)30)16-2-1-3-19(27-16)28-21(31)22(8-9-22)13-5-7-17-18(11-13)33-23(25,26)32-17;;/h1-7,10-11H,8-9H2,(H,29,30)(H,27,28,31);2*1H. The molecule has 1 saturated carbocycles. The Labute approximate surface area is 187 Å². The van der Waals surface area contributed by atoms with Crippen LogP contribution in [-0.2, 0) is 10.2 Å². The van der Waals surface area contributed by atoms with E-state index in [2.05, 4.69) is 19.8 Å². The molecule has 1 fully saturated rings. The third-order valence-corrected chi connectivity index (χ3v) is 5.62. The fourth-order valence-corrected chi connectivity index (χ4v) is 3.77. The van der Waals surface area contributed by atoms with Crippen LogP contribution in [0, 0.1) is 5.82 Å². The van der Waals surface area contributed by atoms with Gasteiger partial charge in [-0.2, -0.15) is 0 Å². The van der Waals surface area contributed by atoms with Crippen molar-refractivity contribution in [1.29, 1.82) is 0 Å². The van der Waals surface area contributed by atoms with Gasteiger partial charge in [-0.25, -0.2) is 14.2 Å². The molecule has 0 atom stereocenters. The number of amides is 1. The number of carboxylic acid groups (broad SMARTS) is 1. The van der Waals surface area contributed by atoms with Gasteiger partial charge < -0.3 is 19.9 Å². The molecule has 33 heavy (non-hydrogen) atoms. The van der Waals surface area contributed by atoms with E-state index in [-0.39, 0.29) is 26.1 Å². The number of fused-ring (bicyclic) bond motifs is 1. The number of anilines is 1. The highest BCUT2D eigenvalue weighted by atomic mass is 19.3. The normalized spacial score (nSPS) is 16.8. The largest absolute Gasteiger partial charge is 0.586 e. The number of carboxylic acids is 1. The first-order valence-electron chi connectivity index (χ1n) is 9.89. The van der Waals surface area contributed by atoms with Crippen molar-refractivity contribution in [2.45, 2.75) is 24.6 Å². The number of hydrogen-bond acceptors (Lipinski definition) is 5. The summed E-state index contributed by atoms with van der Waals surface area (Å²) in [5, 5.41) is 11.7. The summed E-state index contributed by atoms with van der Waals surface area (Å²) in [6, 6.07) is 12.6. The zero-order valence-electron chi connectivity index (χ0n) is 16.8. The number of nitrogens with zero attached hydrogens (tertiary/aromatic N) is 1. The van der Waals surface area contributed by atoms with E-state index in [0.717, 1.165) is 12.1 Å². The van der Waals surface area contributed by atoms with Crippen molar-refractivity contribution >= 4 is 17.7 Å². The highest BCUT2D eigenvalue weighted by Crippen LogP contribution is 2.52. The molecular formula is C23H19F3N2O5. The van der Waals surface area contributed by atoms with Crippen LogP contribution in [0.15, 0.2) is 54.6 Å². The van der Waals surface area contributed by atoms with Crippen LogP contribution in [-0.4, -0.2) is 28.3 Å². The van der Waals surface area contributed by atoms with Crippen molar-refractivity contribution in [2.75, 3.05) is 5.32 Å². The Bertz CT molecular complexity index is 1320. The van der Waals surface area contributed by atoms with Crippen molar-refractivity contribution in [3.05, 3.63) is 71.5 Å². The molecule has 0 radical (unpaired) electrons. The fraction of sp³-hybridized carbons (Fsp3) is 0.174. The lowest BCUT2D eigenvalue weighted by molar-refractivity contribution is -0.286. The quantitative estimate of drug-likeness (QED) is 0.552. The van der Waals surface area contributed by atoms with Gasteiger partial charge in [0.25, 0.3) is 0 Å². The van der Waals surface area contributed by atoms with Crippen molar-refractivity contribution in [2.24, 2.45) is 0 Å². The van der Waals surface area contributed by atoms with E-state index in [9.17, 15) is 22.8 Å².